The van der Waals surface area contributed by atoms with Gasteiger partial charge >= 0.3 is 0 Å². The van der Waals surface area contributed by atoms with Gasteiger partial charge in [0.25, 0.3) is 0 Å². The largest absolute Gasteiger partial charge is 0.388 e. The van der Waals surface area contributed by atoms with Gasteiger partial charge in [-0.15, -0.1) is 0 Å². The highest BCUT2D eigenvalue weighted by Gasteiger charge is 2.58. The maximum atomic E-state index is 13.3. The second-order valence-electron chi connectivity index (χ2n) is 8.79. The molecule has 25 heavy (non-hydrogen) atoms. The number of hydrogen-bond donors (Lipinski definition) is 1. The zero-order valence-corrected chi connectivity index (χ0v) is 15.3. The van der Waals surface area contributed by atoms with Gasteiger partial charge in [0, 0.05) is 22.3 Å². The minimum atomic E-state index is -0.543. The predicted octanol–water partition coefficient (Wildman–Crippen LogP) is 4.63. The van der Waals surface area contributed by atoms with Gasteiger partial charge in [-0.05, 0) is 49.7 Å². The van der Waals surface area contributed by atoms with Gasteiger partial charge in [-0.3, -0.25) is 4.79 Å². The number of ketones is 1. The van der Waals surface area contributed by atoms with Crippen molar-refractivity contribution >= 4 is 5.78 Å². The van der Waals surface area contributed by atoms with Gasteiger partial charge in [0.2, 0.25) is 0 Å². The molecule has 0 radical (unpaired) electrons. The number of aryl methyl sites for hydroxylation is 1. The summed E-state index contributed by atoms with van der Waals surface area (Å²) < 4.78 is 0. The van der Waals surface area contributed by atoms with Crippen LogP contribution in [0.25, 0.3) is 0 Å². The molecule has 0 aromatic heterocycles. The van der Waals surface area contributed by atoms with Crippen LogP contribution < -0.4 is 0 Å². The van der Waals surface area contributed by atoms with Crippen LogP contribution in [-0.2, 0) is 11.2 Å². The standard InChI is InChI=1S/C23H28O2/c1-15-20(24)17-11-12-22(2,3)21(25)19(17)18(23(15)13-14-23)10-9-16-7-5-4-6-8-16/h4-8,17,20,24H,1,9-14H2,2-3H3. The molecule has 2 atom stereocenters. The molecule has 132 valence electrons. The van der Waals surface area contributed by atoms with Crippen molar-refractivity contribution in [2.24, 2.45) is 16.7 Å². The monoisotopic (exact) mass is 336 g/mol. The molecule has 0 heterocycles. The highest BCUT2D eigenvalue weighted by Crippen LogP contribution is 2.65. The number of rotatable bonds is 3. The summed E-state index contributed by atoms with van der Waals surface area (Å²) in [7, 11) is 0. The number of Topliss-reactive ketones (excluding diaryl/α,β-unsaturated/α-hetero) is 1. The van der Waals surface area contributed by atoms with Crippen LogP contribution in [0.5, 0.6) is 0 Å². The number of hydrogen-bond acceptors (Lipinski definition) is 2. The van der Waals surface area contributed by atoms with Crippen LogP contribution in [0.4, 0.5) is 0 Å². The fourth-order valence-corrected chi connectivity index (χ4v) is 5.00. The van der Waals surface area contributed by atoms with Gasteiger partial charge in [-0.1, -0.05) is 56.3 Å². The Bertz CT molecular complexity index is 750. The van der Waals surface area contributed by atoms with E-state index in [0.717, 1.165) is 49.7 Å². The Kier molecular flexibility index (Phi) is 3.81. The molecule has 2 unspecified atom stereocenters. The highest BCUT2D eigenvalue weighted by molar-refractivity contribution is 6.02. The van der Waals surface area contributed by atoms with Crippen LogP contribution in [0.3, 0.4) is 0 Å². The van der Waals surface area contributed by atoms with Crippen molar-refractivity contribution in [1.82, 2.24) is 0 Å². The minimum absolute atomic E-state index is 0.0370. The van der Waals surface area contributed by atoms with Crippen molar-refractivity contribution in [2.75, 3.05) is 0 Å². The van der Waals surface area contributed by atoms with E-state index in [4.69, 9.17) is 0 Å². The van der Waals surface area contributed by atoms with Crippen LogP contribution in [-0.4, -0.2) is 17.0 Å². The van der Waals surface area contributed by atoms with Crippen LogP contribution in [0.2, 0.25) is 0 Å². The quantitative estimate of drug-likeness (QED) is 0.817. The zero-order valence-electron chi connectivity index (χ0n) is 15.3. The van der Waals surface area contributed by atoms with E-state index in [9.17, 15) is 9.90 Å². The van der Waals surface area contributed by atoms with Crippen molar-refractivity contribution in [3.05, 3.63) is 59.2 Å². The Morgan fingerprint density at radius 3 is 2.44 bits per heavy atom. The summed E-state index contributed by atoms with van der Waals surface area (Å²) in [5, 5.41) is 10.9. The highest BCUT2D eigenvalue weighted by atomic mass is 16.3. The van der Waals surface area contributed by atoms with Crippen molar-refractivity contribution in [1.29, 1.82) is 0 Å². The van der Waals surface area contributed by atoms with Crippen LogP contribution >= 0.6 is 0 Å². The maximum Gasteiger partial charge on any atom is 0.164 e. The molecule has 1 N–H and O–H groups in total. The number of carbonyl (C=O) groups is 1. The van der Waals surface area contributed by atoms with E-state index in [1.807, 2.05) is 6.07 Å². The second-order valence-corrected chi connectivity index (χ2v) is 8.79. The Labute approximate surface area is 150 Å². The number of carbonyl (C=O) groups excluding carboxylic acids is 1. The average molecular weight is 336 g/mol. The zero-order chi connectivity index (χ0) is 17.8. The topological polar surface area (TPSA) is 37.3 Å². The van der Waals surface area contributed by atoms with E-state index in [-0.39, 0.29) is 22.5 Å². The molecule has 2 saturated carbocycles. The van der Waals surface area contributed by atoms with E-state index < -0.39 is 6.10 Å². The summed E-state index contributed by atoms with van der Waals surface area (Å²) in [5.41, 5.74) is 4.14. The minimum Gasteiger partial charge on any atom is -0.388 e. The first-order chi connectivity index (χ1) is 11.9. The molecular formula is C23H28O2. The summed E-state index contributed by atoms with van der Waals surface area (Å²) in [5.74, 6) is 0.231. The summed E-state index contributed by atoms with van der Waals surface area (Å²) in [6.07, 6.45) is 5.13. The van der Waals surface area contributed by atoms with E-state index in [1.165, 1.54) is 11.1 Å². The second kappa shape index (κ2) is 5.67. The van der Waals surface area contributed by atoms with Crippen molar-refractivity contribution < 1.29 is 9.90 Å². The first-order valence-corrected chi connectivity index (χ1v) is 9.56. The number of allylic oxidation sites excluding steroid dienone is 1. The molecule has 0 saturated heterocycles. The van der Waals surface area contributed by atoms with Gasteiger partial charge in [0.1, 0.15) is 0 Å². The van der Waals surface area contributed by atoms with Gasteiger partial charge in [-0.25, -0.2) is 0 Å². The molecule has 1 spiro atoms. The molecule has 3 aliphatic carbocycles. The summed E-state index contributed by atoms with van der Waals surface area (Å²) >= 11 is 0. The molecule has 0 aliphatic heterocycles. The lowest BCUT2D eigenvalue weighted by Crippen LogP contribution is -2.45. The lowest BCUT2D eigenvalue weighted by atomic mass is 9.59. The summed E-state index contributed by atoms with van der Waals surface area (Å²) in [4.78, 5) is 13.3. The first-order valence-electron chi connectivity index (χ1n) is 9.56. The number of aliphatic hydroxyl groups is 1. The van der Waals surface area contributed by atoms with E-state index >= 15 is 0 Å². The van der Waals surface area contributed by atoms with Crippen molar-refractivity contribution in [3.8, 4) is 0 Å². The summed E-state index contributed by atoms with van der Waals surface area (Å²) in [6.45, 7) is 8.39. The fourth-order valence-electron chi connectivity index (χ4n) is 5.00. The molecule has 2 fully saturated rings. The van der Waals surface area contributed by atoms with E-state index in [2.05, 4.69) is 44.7 Å². The normalized spacial score (nSPS) is 29.7. The van der Waals surface area contributed by atoms with Crippen LogP contribution in [0.15, 0.2) is 53.6 Å². The number of benzene rings is 1. The van der Waals surface area contributed by atoms with Gasteiger partial charge in [0.05, 0.1) is 6.10 Å². The average Bonchev–Trinajstić information content (AvgIpc) is 3.39. The van der Waals surface area contributed by atoms with Crippen molar-refractivity contribution in [3.63, 3.8) is 0 Å². The lowest BCUT2D eigenvalue weighted by Gasteiger charge is -2.45. The fraction of sp³-hybridized carbons (Fsp3) is 0.522. The lowest BCUT2D eigenvalue weighted by molar-refractivity contribution is -0.127. The molecule has 4 rings (SSSR count). The third-order valence-electron chi connectivity index (χ3n) is 6.82. The Morgan fingerprint density at radius 1 is 1.12 bits per heavy atom. The van der Waals surface area contributed by atoms with E-state index in [1.54, 1.807) is 0 Å². The van der Waals surface area contributed by atoms with Crippen LogP contribution in [0.1, 0.15) is 51.5 Å². The molecule has 3 aliphatic rings. The molecule has 0 bridgehead atoms. The molecular weight excluding hydrogens is 308 g/mol. The maximum absolute atomic E-state index is 13.3. The third kappa shape index (κ3) is 2.54. The Balaban J connectivity index is 1.76. The Morgan fingerprint density at radius 2 is 1.80 bits per heavy atom. The molecule has 0 amide bonds. The predicted molar refractivity (Wildman–Crippen MR) is 100 cm³/mol. The number of fused-ring (bicyclic) bond motifs is 1. The SMILES string of the molecule is C=C1C(O)C2CCC(C)(C)C(=O)C2=C(CCc2ccccc2)C12CC2. The first kappa shape index (κ1) is 16.8. The number of aliphatic hydroxyl groups excluding tert-OH is 1. The molecule has 1 aromatic carbocycles. The van der Waals surface area contributed by atoms with Gasteiger partial charge in [0.15, 0.2) is 5.78 Å². The van der Waals surface area contributed by atoms with Crippen molar-refractivity contribution in [2.45, 2.75) is 58.5 Å². The summed E-state index contributed by atoms with van der Waals surface area (Å²) in [6, 6.07) is 10.5. The molecule has 2 nitrogen and oxygen atoms in total. The molecule has 1 aromatic rings. The van der Waals surface area contributed by atoms with Gasteiger partial charge < -0.3 is 5.11 Å². The Hall–Kier alpha value is -1.67. The van der Waals surface area contributed by atoms with E-state index in [0.29, 0.717) is 0 Å². The third-order valence-corrected chi connectivity index (χ3v) is 6.82. The smallest absolute Gasteiger partial charge is 0.164 e. The van der Waals surface area contributed by atoms with Gasteiger partial charge in [-0.2, -0.15) is 0 Å². The van der Waals surface area contributed by atoms with Crippen LogP contribution in [0, 0.1) is 16.7 Å². The molecule has 2 heteroatoms.